The lowest BCUT2D eigenvalue weighted by atomic mass is 10.1. The van der Waals surface area contributed by atoms with Crippen LogP contribution in [0.4, 0.5) is 0 Å². The predicted molar refractivity (Wildman–Crippen MR) is 60.6 cm³/mol. The molecule has 2 atom stereocenters. The number of morpholine rings is 1. The van der Waals surface area contributed by atoms with Crippen molar-refractivity contribution in [2.75, 3.05) is 13.6 Å². The molecule has 0 bridgehead atoms. The van der Waals surface area contributed by atoms with Crippen molar-refractivity contribution in [1.29, 1.82) is 0 Å². The van der Waals surface area contributed by atoms with Crippen molar-refractivity contribution in [2.45, 2.75) is 45.3 Å². The number of carbonyl (C=O) groups excluding carboxylic acids is 1. The van der Waals surface area contributed by atoms with Gasteiger partial charge in [-0.2, -0.15) is 0 Å². The molecular weight excluding hydrogens is 190 g/mol. The average molecular weight is 211 g/mol. The van der Waals surface area contributed by atoms with Crippen LogP contribution in [-0.2, 0) is 9.53 Å². The number of likely N-dealkylation sites (N-methyl/N-ethyl adjacent to an activating group) is 1. The van der Waals surface area contributed by atoms with Crippen LogP contribution in [0.25, 0.3) is 0 Å². The van der Waals surface area contributed by atoms with Crippen molar-refractivity contribution in [3.8, 4) is 0 Å². The van der Waals surface area contributed by atoms with Crippen molar-refractivity contribution in [3.05, 3.63) is 12.2 Å². The van der Waals surface area contributed by atoms with Crippen LogP contribution in [0.15, 0.2) is 12.2 Å². The van der Waals surface area contributed by atoms with Gasteiger partial charge in [0.15, 0.2) is 0 Å². The summed E-state index contributed by atoms with van der Waals surface area (Å²) in [5.74, 6) is -0.124. The Hall–Kier alpha value is -0.830. The lowest BCUT2D eigenvalue weighted by Crippen LogP contribution is -2.49. The Balaban J connectivity index is 2.44. The van der Waals surface area contributed by atoms with E-state index in [1.165, 1.54) is 12.8 Å². The summed E-state index contributed by atoms with van der Waals surface area (Å²) < 4.78 is 5.28. The van der Waals surface area contributed by atoms with Crippen molar-refractivity contribution in [3.63, 3.8) is 0 Å². The molecule has 0 aliphatic carbocycles. The van der Waals surface area contributed by atoms with E-state index in [0.717, 1.165) is 6.42 Å². The Labute approximate surface area is 92.1 Å². The number of unbranched alkanes of at least 4 members (excludes halogenated alkanes) is 2. The molecule has 0 spiro atoms. The maximum atomic E-state index is 11.2. The van der Waals surface area contributed by atoms with Gasteiger partial charge < -0.3 is 4.74 Å². The second kappa shape index (κ2) is 5.91. The summed E-state index contributed by atoms with van der Waals surface area (Å²) in [6.45, 7) is 4.66. The lowest BCUT2D eigenvalue weighted by molar-refractivity contribution is -0.158. The van der Waals surface area contributed by atoms with Gasteiger partial charge in [0.25, 0.3) is 0 Å². The second-order valence-electron chi connectivity index (χ2n) is 4.18. The van der Waals surface area contributed by atoms with Gasteiger partial charge in [-0.1, -0.05) is 25.8 Å². The third kappa shape index (κ3) is 3.67. The molecule has 1 heterocycles. The zero-order chi connectivity index (χ0) is 11.3. The van der Waals surface area contributed by atoms with Crippen molar-refractivity contribution in [1.82, 2.24) is 4.90 Å². The highest BCUT2D eigenvalue weighted by atomic mass is 16.5. The highest BCUT2D eigenvalue weighted by Crippen LogP contribution is 2.14. The van der Waals surface area contributed by atoms with E-state index in [0.29, 0.717) is 6.54 Å². The fraction of sp³-hybridized carbons (Fsp3) is 0.750. The minimum Gasteiger partial charge on any atom is -0.456 e. The van der Waals surface area contributed by atoms with Crippen molar-refractivity contribution < 1.29 is 9.53 Å². The van der Waals surface area contributed by atoms with E-state index in [1.54, 1.807) is 0 Å². The third-order valence-corrected chi connectivity index (χ3v) is 2.87. The van der Waals surface area contributed by atoms with E-state index < -0.39 is 0 Å². The minimum atomic E-state index is -0.124. The Bertz CT molecular complexity index is 238. The molecule has 3 heteroatoms. The summed E-state index contributed by atoms with van der Waals surface area (Å²) in [4.78, 5) is 13.2. The third-order valence-electron chi connectivity index (χ3n) is 2.87. The first-order chi connectivity index (χ1) is 7.15. The van der Waals surface area contributed by atoms with Crippen LogP contribution in [0.5, 0.6) is 0 Å². The molecule has 0 unspecified atom stereocenters. The topological polar surface area (TPSA) is 29.5 Å². The van der Waals surface area contributed by atoms with E-state index in [1.807, 2.05) is 18.0 Å². The van der Waals surface area contributed by atoms with Crippen LogP contribution in [0.1, 0.15) is 33.1 Å². The second-order valence-corrected chi connectivity index (χ2v) is 4.18. The highest BCUT2D eigenvalue weighted by Gasteiger charge is 2.29. The van der Waals surface area contributed by atoms with E-state index in [4.69, 9.17) is 4.74 Å². The maximum Gasteiger partial charge on any atom is 0.320 e. The van der Waals surface area contributed by atoms with Crippen LogP contribution in [0.3, 0.4) is 0 Å². The molecule has 86 valence electrons. The number of ether oxygens (including phenoxy) is 1. The van der Waals surface area contributed by atoms with Gasteiger partial charge in [0, 0.05) is 6.04 Å². The first-order valence-corrected chi connectivity index (χ1v) is 5.71. The monoisotopic (exact) mass is 211 g/mol. The number of nitrogens with zero attached hydrogens (tertiary/aromatic N) is 1. The summed E-state index contributed by atoms with van der Waals surface area (Å²) in [6, 6.07) is 0.278. The SMILES string of the molecule is CCCC/C=C/[C@@H]1OC(=O)CN(C)[C@H]1C. The average Bonchev–Trinajstić information content (AvgIpc) is 2.19. The molecule has 1 saturated heterocycles. The first kappa shape index (κ1) is 12.2. The van der Waals surface area contributed by atoms with Crippen LogP contribution in [-0.4, -0.2) is 36.6 Å². The standard InChI is InChI=1S/C12H21NO2/c1-4-5-6-7-8-11-10(2)13(3)9-12(14)15-11/h7-8,10-11H,4-6,9H2,1-3H3/b8-7+/t10-,11-/m0/s1. The predicted octanol–water partition coefficient (Wildman–Crippen LogP) is 1.98. The Kier molecular flexibility index (Phi) is 4.82. The molecule has 0 aromatic carbocycles. The molecule has 0 N–H and O–H groups in total. The van der Waals surface area contributed by atoms with E-state index >= 15 is 0 Å². The fourth-order valence-corrected chi connectivity index (χ4v) is 1.64. The summed E-state index contributed by atoms with van der Waals surface area (Å²) in [5.41, 5.74) is 0. The number of esters is 1. The molecule has 0 aromatic heterocycles. The molecule has 0 saturated carbocycles. The van der Waals surface area contributed by atoms with Crippen LogP contribution in [0, 0.1) is 0 Å². The number of hydrogen-bond donors (Lipinski definition) is 0. The number of allylic oxidation sites excluding steroid dienone is 1. The van der Waals surface area contributed by atoms with Gasteiger partial charge in [0.1, 0.15) is 6.10 Å². The minimum absolute atomic E-state index is 0.0758. The van der Waals surface area contributed by atoms with Gasteiger partial charge in [0.2, 0.25) is 0 Å². The van der Waals surface area contributed by atoms with Gasteiger partial charge in [-0.3, -0.25) is 9.69 Å². The zero-order valence-corrected chi connectivity index (χ0v) is 9.90. The Morgan fingerprint density at radius 3 is 3.00 bits per heavy atom. The van der Waals surface area contributed by atoms with Gasteiger partial charge in [-0.15, -0.1) is 0 Å². The molecule has 3 nitrogen and oxygen atoms in total. The normalized spacial score (nSPS) is 28.3. The van der Waals surface area contributed by atoms with Gasteiger partial charge >= 0.3 is 5.97 Å². The van der Waals surface area contributed by atoms with E-state index in [2.05, 4.69) is 19.9 Å². The van der Waals surface area contributed by atoms with E-state index in [9.17, 15) is 4.79 Å². The smallest absolute Gasteiger partial charge is 0.320 e. The summed E-state index contributed by atoms with van der Waals surface area (Å²) in [6.07, 6.45) is 7.53. The molecule has 1 aliphatic heterocycles. The number of hydrogen-bond acceptors (Lipinski definition) is 3. The largest absolute Gasteiger partial charge is 0.456 e. The molecule has 0 amide bonds. The molecule has 1 aliphatic rings. The number of cyclic esters (lactones) is 1. The highest BCUT2D eigenvalue weighted by molar-refractivity contribution is 5.73. The lowest BCUT2D eigenvalue weighted by Gasteiger charge is -2.34. The quantitative estimate of drug-likeness (QED) is 0.404. The molecule has 1 fully saturated rings. The maximum absolute atomic E-state index is 11.2. The molecule has 1 rings (SSSR count). The Morgan fingerprint density at radius 1 is 1.60 bits per heavy atom. The van der Waals surface area contributed by atoms with E-state index in [-0.39, 0.29) is 18.1 Å². The summed E-state index contributed by atoms with van der Waals surface area (Å²) in [5, 5.41) is 0. The van der Waals surface area contributed by atoms with Gasteiger partial charge in [-0.25, -0.2) is 0 Å². The first-order valence-electron chi connectivity index (χ1n) is 5.71. The van der Waals surface area contributed by atoms with Crippen LogP contribution in [0.2, 0.25) is 0 Å². The summed E-state index contributed by atoms with van der Waals surface area (Å²) >= 11 is 0. The number of carbonyl (C=O) groups is 1. The summed E-state index contributed by atoms with van der Waals surface area (Å²) in [7, 11) is 1.96. The Morgan fingerprint density at radius 2 is 2.33 bits per heavy atom. The van der Waals surface area contributed by atoms with Crippen LogP contribution < -0.4 is 0 Å². The van der Waals surface area contributed by atoms with Crippen molar-refractivity contribution >= 4 is 5.97 Å². The van der Waals surface area contributed by atoms with Gasteiger partial charge in [0.05, 0.1) is 6.54 Å². The number of rotatable bonds is 4. The molecule has 0 radical (unpaired) electrons. The van der Waals surface area contributed by atoms with Crippen LogP contribution >= 0.6 is 0 Å². The van der Waals surface area contributed by atoms with Gasteiger partial charge in [-0.05, 0) is 26.5 Å². The van der Waals surface area contributed by atoms with Crippen molar-refractivity contribution in [2.24, 2.45) is 0 Å². The zero-order valence-electron chi connectivity index (χ0n) is 9.90. The molecule has 15 heavy (non-hydrogen) atoms. The molecular formula is C12H21NO2. The fourth-order valence-electron chi connectivity index (χ4n) is 1.64. The molecule has 0 aromatic rings.